The van der Waals surface area contributed by atoms with Crippen molar-refractivity contribution in [1.29, 1.82) is 0 Å². The number of carbonyl (C=O) groups is 1. The summed E-state index contributed by atoms with van der Waals surface area (Å²) in [5.41, 5.74) is 0.549. The summed E-state index contributed by atoms with van der Waals surface area (Å²) < 4.78 is 44.0. The monoisotopic (exact) mass is 247 g/mol. The summed E-state index contributed by atoms with van der Waals surface area (Å²) in [5.74, 6) is -1.04. The van der Waals surface area contributed by atoms with Gasteiger partial charge in [-0.15, -0.1) is 0 Å². The van der Waals surface area contributed by atoms with Crippen LogP contribution in [0.5, 0.6) is 0 Å². The molecule has 0 radical (unpaired) electrons. The molecule has 0 aliphatic heterocycles. The molecule has 3 heteroatoms. The molecule has 0 spiro atoms. The second kappa shape index (κ2) is 3.92. The predicted molar refractivity (Wildman–Crippen MR) is 56.9 cm³/mol. The molecule has 0 saturated heterocycles. The molecule has 0 fully saturated rings. The molecule has 2 nitrogen and oxygen atoms in total. The number of nitrogens with zero attached hydrogens (tertiary/aromatic N) is 1. The Labute approximate surface area is 95.1 Å². The Morgan fingerprint density at radius 3 is 2.77 bits per heavy atom. The van der Waals surface area contributed by atoms with Crippen LogP contribution in [0.2, 0.25) is 0 Å². The molecule has 1 rings (SSSR count). The quantitative estimate of drug-likeness (QED) is 0.747. The third kappa shape index (κ3) is 2.31. The summed E-state index contributed by atoms with van der Waals surface area (Å²) in [6.07, 6.45) is 0. The average Bonchev–Trinajstić information content (AvgIpc) is 2.11. The maximum Gasteiger partial charge on any atom is 0.253 e. The van der Waals surface area contributed by atoms with Gasteiger partial charge in [0.2, 0.25) is 0 Å². The zero-order chi connectivity index (χ0) is 15.0. The highest BCUT2D eigenvalue weighted by Gasteiger charge is 2.10. The molecule has 1 aromatic rings. The molecule has 0 saturated carbocycles. The molecule has 0 atom stereocenters. The lowest BCUT2D eigenvalue weighted by atomic mass is 10.1. The number of halogens is 1. The van der Waals surface area contributed by atoms with Crippen molar-refractivity contribution in [3.05, 3.63) is 33.8 Å². The lowest BCUT2D eigenvalue weighted by molar-refractivity contribution is 0.0827. The molecule has 0 heterocycles. The van der Waals surface area contributed by atoms with Gasteiger partial charge in [0, 0.05) is 32.2 Å². The Balaban J connectivity index is 3.29. The number of hydrogen-bond acceptors (Lipinski definition) is 1. The van der Waals surface area contributed by atoms with Gasteiger partial charge in [-0.25, -0.2) is 0 Å². The number of hydrogen-bond donors (Lipinski definition) is 0. The van der Waals surface area contributed by atoms with Crippen LogP contribution in [0, 0.1) is 6.92 Å². The Morgan fingerprint density at radius 2 is 2.23 bits per heavy atom. The van der Waals surface area contributed by atoms with Crippen LogP contribution < -0.4 is 0 Å². The fourth-order valence-corrected chi connectivity index (χ4v) is 1.46. The first kappa shape index (κ1) is 4.60. The van der Waals surface area contributed by atoms with E-state index in [2.05, 4.69) is 15.9 Å². The van der Waals surface area contributed by atoms with Gasteiger partial charge < -0.3 is 4.90 Å². The van der Waals surface area contributed by atoms with Gasteiger partial charge in [0.1, 0.15) is 0 Å². The number of benzene rings is 1. The van der Waals surface area contributed by atoms with Gasteiger partial charge >= 0.3 is 0 Å². The molecule has 0 N–H and O–H groups in total. The van der Waals surface area contributed by atoms with E-state index in [4.69, 9.17) is 8.22 Å². The minimum absolute atomic E-state index is 0.0454. The van der Waals surface area contributed by atoms with E-state index in [-0.39, 0.29) is 10.5 Å². The zero-order valence-electron chi connectivity index (χ0n) is 13.0. The Kier molecular flexibility index (Phi) is 1.39. The lowest BCUT2D eigenvalue weighted by Gasteiger charge is -2.12. The van der Waals surface area contributed by atoms with Gasteiger partial charge in [-0.3, -0.25) is 4.79 Å². The molecule has 0 aromatic heterocycles. The highest BCUT2D eigenvalue weighted by Crippen LogP contribution is 2.16. The number of carbonyl (C=O) groups excluding carboxylic acids is 1. The van der Waals surface area contributed by atoms with Gasteiger partial charge in [0.05, 0.1) is 0 Å². The fraction of sp³-hybridized carbons (Fsp3) is 0.300. The Hall–Kier alpha value is -0.830. The van der Waals surface area contributed by atoms with Crippen LogP contribution in [-0.2, 0) is 0 Å². The Morgan fingerprint density at radius 1 is 1.54 bits per heavy atom. The second-order valence-electron chi connectivity index (χ2n) is 2.60. The van der Waals surface area contributed by atoms with Crippen molar-refractivity contribution < 1.29 is 13.0 Å². The summed E-state index contributed by atoms with van der Waals surface area (Å²) in [4.78, 5) is 12.1. The van der Waals surface area contributed by atoms with Crippen LogP contribution in [-0.4, -0.2) is 24.8 Å². The third-order valence-electron chi connectivity index (χ3n) is 1.62. The molecule has 70 valence electrons. The minimum atomic E-state index is -3.03. The molecular formula is C10H12BrNO. The van der Waals surface area contributed by atoms with Crippen molar-refractivity contribution in [2.45, 2.75) is 6.92 Å². The van der Waals surface area contributed by atoms with Crippen LogP contribution in [0.15, 0.2) is 22.7 Å². The normalized spacial score (nSPS) is 18.6. The van der Waals surface area contributed by atoms with E-state index in [1.54, 1.807) is 19.1 Å². The van der Waals surface area contributed by atoms with E-state index in [1.165, 1.54) is 6.07 Å². The first-order chi connectivity index (χ1) is 8.44. The molecule has 0 bridgehead atoms. The topological polar surface area (TPSA) is 20.3 Å². The lowest BCUT2D eigenvalue weighted by Crippen LogP contribution is -2.22. The molecule has 0 aliphatic carbocycles. The van der Waals surface area contributed by atoms with E-state index < -0.39 is 19.9 Å². The second-order valence-corrected chi connectivity index (χ2v) is 3.52. The summed E-state index contributed by atoms with van der Waals surface area (Å²) in [6, 6.07) is 4.56. The molecule has 1 amide bonds. The average molecular weight is 248 g/mol. The van der Waals surface area contributed by atoms with E-state index >= 15 is 0 Å². The van der Waals surface area contributed by atoms with Crippen molar-refractivity contribution >= 4 is 21.8 Å². The number of amides is 1. The van der Waals surface area contributed by atoms with Crippen LogP contribution in [0.25, 0.3) is 0 Å². The van der Waals surface area contributed by atoms with Gasteiger partial charge in [-0.2, -0.15) is 0 Å². The molecule has 0 unspecified atom stereocenters. The van der Waals surface area contributed by atoms with Crippen molar-refractivity contribution in [1.82, 2.24) is 4.90 Å². The molecule has 1 aromatic carbocycles. The summed E-state index contributed by atoms with van der Waals surface area (Å²) >= 11 is 3.21. The third-order valence-corrected chi connectivity index (χ3v) is 2.12. The minimum Gasteiger partial charge on any atom is -0.345 e. The van der Waals surface area contributed by atoms with E-state index in [0.29, 0.717) is 5.56 Å². The van der Waals surface area contributed by atoms with Crippen molar-refractivity contribution in [2.24, 2.45) is 0 Å². The van der Waals surface area contributed by atoms with E-state index in [0.717, 1.165) is 4.47 Å². The number of rotatable bonds is 1. The molecule has 0 aliphatic rings. The van der Waals surface area contributed by atoms with E-state index in [9.17, 15) is 4.79 Å². The van der Waals surface area contributed by atoms with Gasteiger partial charge in [-0.1, -0.05) is 15.9 Å². The van der Waals surface area contributed by atoms with Crippen molar-refractivity contribution in [3.8, 4) is 0 Å². The highest BCUT2D eigenvalue weighted by molar-refractivity contribution is 9.10. The van der Waals surface area contributed by atoms with E-state index in [1.807, 2.05) is 0 Å². The molecule has 13 heavy (non-hydrogen) atoms. The van der Waals surface area contributed by atoms with Crippen LogP contribution in [0.4, 0.5) is 0 Å². The van der Waals surface area contributed by atoms with Crippen LogP contribution in [0.3, 0.4) is 0 Å². The van der Waals surface area contributed by atoms with Gasteiger partial charge in [-0.05, 0) is 30.7 Å². The Bertz CT molecular complexity index is 482. The smallest absolute Gasteiger partial charge is 0.253 e. The standard InChI is InChI=1S/C10H12BrNO/c1-7-6-8(11)4-5-9(7)10(13)12(2)3/h4-6H,1-3H3/i2D3,3D3. The zero-order valence-corrected chi connectivity index (χ0v) is 8.55. The highest BCUT2D eigenvalue weighted by atomic mass is 79.9. The first-order valence-electron chi connectivity index (χ1n) is 6.55. The number of aryl methyl sites for hydroxylation is 1. The summed E-state index contributed by atoms with van der Waals surface area (Å²) in [5, 5.41) is 0. The fourth-order valence-electron chi connectivity index (χ4n) is 0.987. The van der Waals surface area contributed by atoms with Gasteiger partial charge in [0.15, 0.2) is 0 Å². The largest absolute Gasteiger partial charge is 0.345 e. The first-order valence-corrected chi connectivity index (χ1v) is 4.34. The summed E-state index contributed by atoms with van der Waals surface area (Å²) in [7, 11) is 0. The van der Waals surface area contributed by atoms with Crippen LogP contribution in [0.1, 0.15) is 24.1 Å². The molecular weight excluding hydrogens is 230 g/mol. The van der Waals surface area contributed by atoms with Gasteiger partial charge in [0.25, 0.3) is 5.91 Å². The maximum absolute atomic E-state index is 12.2. The van der Waals surface area contributed by atoms with Crippen LogP contribution >= 0.6 is 15.9 Å². The SMILES string of the molecule is [2H]C([2H])([2H])N(C(=O)c1ccc(Br)cc1C)C([2H])([2H])[2H]. The van der Waals surface area contributed by atoms with Crippen molar-refractivity contribution in [2.75, 3.05) is 14.0 Å². The summed E-state index contributed by atoms with van der Waals surface area (Å²) in [6.45, 7) is -4.45. The predicted octanol–water partition coefficient (Wildman–Crippen LogP) is 2.46. The maximum atomic E-state index is 12.2. The van der Waals surface area contributed by atoms with Crippen molar-refractivity contribution in [3.63, 3.8) is 0 Å².